The fraction of sp³-hybridized carbons (Fsp3) is 0.351. The minimum absolute atomic E-state index is 0.0327. The third kappa shape index (κ3) is 7.82. The van der Waals surface area contributed by atoms with E-state index < -0.39 is 41.7 Å². The Hall–Kier alpha value is -5.12. The first kappa shape index (κ1) is 33.2. The average molecular weight is 641 g/mol. The lowest BCUT2D eigenvalue weighted by Crippen LogP contribution is -2.46. The van der Waals surface area contributed by atoms with Crippen molar-refractivity contribution in [1.29, 1.82) is 0 Å². The third-order valence-electron chi connectivity index (χ3n) is 8.03. The predicted octanol–water partition coefficient (Wildman–Crippen LogP) is 6.32. The van der Waals surface area contributed by atoms with E-state index in [4.69, 9.17) is 18.6 Å². The van der Waals surface area contributed by atoms with E-state index in [-0.39, 0.29) is 19.1 Å². The van der Waals surface area contributed by atoms with Crippen molar-refractivity contribution in [2.75, 3.05) is 24.6 Å². The van der Waals surface area contributed by atoms with E-state index in [0.29, 0.717) is 16.5 Å². The summed E-state index contributed by atoms with van der Waals surface area (Å²) >= 11 is 0. The van der Waals surface area contributed by atoms with Crippen molar-refractivity contribution in [2.24, 2.45) is 0 Å². The van der Waals surface area contributed by atoms with E-state index in [1.807, 2.05) is 74.5 Å². The SMILES string of the molecule is CCN(CC)c1ccc2c(COC(=O)C[C@H](NC(=O)OCC3c4ccccc4-c4ccccc43)C(=O)OC(C)(C)C)cc(=O)oc2c1. The quantitative estimate of drug-likeness (QED) is 0.114. The third-order valence-corrected chi connectivity index (χ3v) is 8.03. The lowest BCUT2D eigenvalue weighted by molar-refractivity contribution is -0.161. The summed E-state index contributed by atoms with van der Waals surface area (Å²) in [7, 11) is 0. The van der Waals surface area contributed by atoms with Crippen LogP contribution in [0.4, 0.5) is 10.5 Å². The summed E-state index contributed by atoms with van der Waals surface area (Å²) in [6, 6.07) is 21.3. The summed E-state index contributed by atoms with van der Waals surface area (Å²) in [4.78, 5) is 53.6. The Balaban J connectivity index is 1.26. The van der Waals surface area contributed by atoms with E-state index in [1.165, 1.54) is 6.07 Å². The average Bonchev–Trinajstić information content (AvgIpc) is 3.35. The van der Waals surface area contributed by atoms with E-state index in [1.54, 1.807) is 26.8 Å². The van der Waals surface area contributed by atoms with Crippen LogP contribution in [0.1, 0.15) is 63.6 Å². The van der Waals surface area contributed by atoms with Crippen LogP contribution in [0.25, 0.3) is 22.1 Å². The molecule has 1 N–H and O–H groups in total. The number of hydrogen-bond donors (Lipinski definition) is 1. The number of benzene rings is 3. The molecule has 5 rings (SSSR count). The Bertz CT molecular complexity index is 1790. The second-order valence-electron chi connectivity index (χ2n) is 12.4. The number of hydrogen-bond acceptors (Lipinski definition) is 9. The van der Waals surface area contributed by atoms with Gasteiger partial charge in [0, 0.05) is 47.8 Å². The molecular weight excluding hydrogens is 600 g/mol. The van der Waals surface area contributed by atoms with Gasteiger partial charge in [-0.1, -0.05) is 48.5 Å². The van der Waals surface area contributed by atoms with Gasteiger partial charge in [0.15, 0.2) is 0 Å². The zero-order valence-electron chi connectivity index (χ0n) is 27.3. The zero-order chi connectivity index (χ0) is 33.7. The molecule has 0 saturated carbocycles. The molecule has 0 radical (unpaired) electrons. The normalized spacial score (nSPS) is 13.0. The van der Waals surface area contributed by atoms with Gasteiger partial charge in [0.2, 0.25) is 0 Å². The van der Waals surface area contributed by atoms with E-state index >= 15 is 0 Å². The first-order valence-corrected chi connectivity index (χ1v) is 15.8. The van der Waals surface area contributed by atoms with Crippen LogP contribution in [-0.4, -0.2) is 49.4 Å². The first-order valence-electron chi connectivity index (χ1n) is 15.8. The van der Waals surface area contributed by atoms with Crippen molar-refractivity contribution in [1.82, 2.24) is 5.32 Å². The molecule has 1 amide bonds. The molecular formula is C37H40N2O8. The molecule has 10 heteroatoms. The molecule has 4 aromatic rings. The van der Waals surface area contributed by atoms with Gasteiger partial charge in [-0.2, -0.15) is 0 Å². The molecule has 0 bridgehead atoms. The molecule has 1 atom stereocenters. The number of anilines is 1. The number of alkyl carbamates (subject to hydrolysis) is 1. The molecule has 0 spiro atoms. The van der Waals surface area contributed by atoms with Crippen LogP contribution in [0, 0.1) is 0 Å². The summed E-state index contributed by atoms with van der Waals surface area (Å²) < 4.78 is 22.0. The second kappa shape index (κ2) is 14.1. The molecule has 246 valence electrons. The highest BCUT2D eigenvalue weighted by molar-refractivity contribution is 5.87. The van der Waals surface area contributed by atoms with Crippen LogP contribution in [0.5, 0.6) is 0 Å². The molecule has 1 aliphatic carbocycles. The van der Waals surface area contributed by atoms with Crippen LogP contribution >= 0.6 is 0 Å². The summed E-state index contributed by atoms with van der Waals surface area (Å²) in [5.41, 5.74) is 4.53. The van der Waals surface area contributed by atoms with Crippen molar-refractivity contribution in [3.8, 4) is 11.1 Å². The summed E-state index contributed by atoms with van der Waals surface area (Å²) in [5.74, 6) is -1.77. The zero-order valence-corrected chi connectivity index (χ0v) is 27.3. The number of carbonyl (C=O) groups excluding carboxylic acids is 3. The van der Waals surface area contributed by atoms with Gasteiger partial charge in [-0.05, 0) is 69.0 Å². The lowest BCUT2D eigenvalue weighted by Gasteiger charge is -2.24. The number of nitrogens with one attached hydrogen (secondary N) is 1. The van der Waals surface area contributed by atoms with Gasteiger partial charge in [0.1, 0.15) is 30.4 Å². The van der Waals surface area contributed by atoms with E-state index in [0.717, 1.165) is 41.0 Å². The number of fused-ring (bicyclic) bond motifs is 4. The minimum Gasteiger partial charge on any atom is -0.461 e. The summed E-state index contributed by atoms with van der Waals surface area (Å²) in [5, 5.41) is 3.12. The maximum atomic E-state index is 13.1. The molecule has 47 heavy (non-hydrogen) atoms. The number of ether oxygens (including phenoxy) is 3. The summed E-state index contributed by atoms with van der Waals surface area (Å²) in [6.07, 6.45) is -1.38. The molecule has 1 aromatic heterocycles. The number of esters is 2. The Morgan fingerprint density at radius 1 is 0.894 bits per heavy atom. The summed E-state index contributed by atoms with van der Waals surface area (Å²) in [6.45, 7) is 10.5. The van der Waals surface area contributed by atoms with Gasteiger partial charge in [-0.3, -0.25) is 4.79 Å². The van der Waals surface area contributed by atoms with Gasteiger partial charge in [0.25, 0.3) is 0 Å². The Morgan fingerprint density at radius 2 is 1.53 bits per heavy atom. The van der Waals surface area contributed by atoms with Crippen molar-refractivity contribution in [3.63, 3.8) is 0 Å². The van der Waals surface area contributed by atoms with Crippen molar-refractivity contribution < 1.29 is 33.0 Å². The first-order chi connectivity index (χ1) is 22.5. The van der Waals surface area contributed by atoms with Crippen LogP contribution < -0.4 is 15.8 Å². The highest BCUT2D eigenvalue weighted by Crippen LogP contribution is 2.44. The van der Waals surface area contributed by atoms with E-state index in [2.05, 4.69) is 10.2 Å². The highest BCUT2D eigenvalue weighted by atomic mass is 16.6. The van der Waals surface area contributed by atoms with E-state index in [9.17, 15) is 19.2 Å². The maximum absolute atomic E-state index is 13.1. The second-order valence-corrected chi connectivity index (χ2v) is 12.4. The van der Waals surface area contributed by atoms with Crippen LogP contribution in [0.3, 0.4) is 0 Å². The van der Waals surface area contributed by atoms with Crippen LogP contribution in [-0.2, 0) is 30.4 Å². The molecule has 1 aliphatic rings. The number of rotatable bonds is 11. The van der Waals surface area contributed by atoms with Crippen molar-refractivity contribution >= 4 is 34.7 Å². The molecule has 0 fully saturated rings. The standard InChI is InChI=1S/C37H40N2O8/c1-6-39(7-2)24-16-17-25-23(18-34(41)46-32(25)19-24)21-44-33(40)20-31(35(42)47-37(3,4)5)38-36(43)45-22-30-28-14-10-8-12-26(28)27-13-9-11-15-29(27)30/h8-19,30-31H,6-7,20-22H2,1-5H3,(H,38,43)/t31-/m0/s1. The van der Waals surface area contributed by atoms with Gasteiger partial charge in [-0.15, -0.1) is 0 Å². The molecule has 1 heterocycles. The maximum Gasteiger partial charge on any atom is 0.407 e. The number of carbonyl (C=O) groups is 3. The van der Waals surface area contributed by atoms with Crippen LogP contribution in [0.2, 0.25) is 0 Å². The molecule has 10 nitrogen and oxygen atoms in total. The van der Waals surface area contributed by atoms with Gasteiger partial charge >= 0.3 is 23.7 Å². The lowest BCUT2D eigenvalue weighted by atomic mass is 9.98. The van der Waals surface area contributed by atoms with Gasteiger partial charge in [0.05, 0.1) is 6.42 Å². The largest absolute Gasteiger partial charge is 0.461 e. The number of nitrogens with zero attached hydrogens (tertiary/aromatic N) is 1. The Morgan fingerprint density at radius 3 is 2.15 bits per heavy atom. The Kier molecular flexibility index (Phi) is 9.98. The fourth-order valence-electron chi connectivity index (χ4n) is 5.86. The van der Waals surface area contributed by atoms with Crippen molar-refractivity contribution in [3.05, 3.63) is 99.9 Å². The fourth-order valence-corrected chi connectivity index (χ4v) is 5.86. The molecule has 3 aromatic carbocycles. The number of amides is 1. The molecule has 0 aliphatic heterocycles. The van der Waals surface area contributed by atoms with Gasteiger partial charge < -0.3 is 28.8 Å². The smallest absolute Gasteiger partial charge is 0.407 e. The molecule has 0 saturated heterocycles. The van der Waals surface area contributed by atoms with Crippen LogP contribution in [0.15, 0.2) is 82.0 Å². The van der Waals surface area contributed by atoms with Gasteiger partial charge in [-0.25, -0.2) is 14.4 Å². The molecule has 0 unspecified atom stereocenters. The van der Waals surface area contributed by atoms with Crippen molar-refractivity contribution in [2.45, 2.75) is 65.2 Å². The topological polar surface area (TPSA) is 124 Å². The highest BCUT2D eigenvalue weighted by Gasteiger charge is 2.32. The Labute approximate surface area is 273 Å². The minimum atomic E-state index is -1.37. The monoisotopic (exact) mass is 640 g/mol. The predicted molar refractivity (Wildman–Crippen MR) is 178 cm³/mol.